The third kappa shape index (κ3) is 6.86. The Balaban J connectivity index is 3.44. The number of esters is 1. The molecule has 0 aliphatic carbocycles. The predicted molar refractivity (Wildman–Crippen MR) is 54.9 cm³/mol. The molecule has 0 saturated carbocycles. The van der Waals surface area contributed by atoms with Crippen molar-refractivity contribution in [2.75, 3.05) is 13.2 Å². The highest BCUT2D eigenvalue weighted by Gasteiger charge is 2.13. The van der Waals surface area contributed by atoms with Gasteiger partial charge in [0.25, 0.3) is 0 Å². The Hall–Kier alpha value is -0.610. The first kappa shape index (κ1) is 13.4. The van der Waals surface area contributed by atoms with Gasteiger partial charge in [-0.2, -0.15) is 0 Å². The molecule has 4 heteroatoms. The second-order valence-corrected chi connectivity index (χ2v) is 3.48. The molecule has 0 heterocycles. The lowest BCUT2D eigenvalue weighted by Crippen LogP contribution is -2.32. The van der Waals surface area contributed by atoms with Crippen LogP contribution in [0.2, 0.25) is 0 Å². The summed E-state index contributed by atoms with van der Waals surface area (Å²) in [6.07, 6.45) is 1.72. The van der Waals surface area contributed by atoms with Crippen LogP contribution in [-0.2, 0) is 14.3 Å². The first-order chi connectivity index (χ1) is 6.57. The summed E-state index contributed by atoms with van der Waals surface area (Å²) in [5.41, 5.74) is 5.55. The van der Waals surface area contributed by atoms with Gasteiger partial charge in [-0.25, -0.2) is 0 Å². The van der Waals surface area contributed by atoms with Crippen molar-refractivity contribution in [3.8, 4) is 0 Å². The lowest BCUT2D eigenvalue weighted by Gasteiger charge is -2.11. The number of rotatable bonds is 7. The fourth-order valence-corrected chi connectivity index (χ4v) is 0.962. The SMILES string of the molecule is CCC[C@H](N)C(=O)OCCOC(C)C. The smallest absolute Gasteiger partial charge is 0.322 e. The molecule has 1 atom stereocenters. The van der Waals surface area contributed by atoms with Crippen molar-refractivity contribution in [2.24, 2.45) is 5.73 Å². The van der Waals surface area contributed by atoms with Crippen molar-refractivity contribution < 1.29 is 14.3 Å². The van der Waals surface area contributed by atoms with Crippen LogP contribution in [0.25, 0.3) is 0 Å². The molecule has 2 N–H and O–H groups in total. The van der Waals surface area contributed by atoms with Gasteiger partial charge in [-0.3, -0.25) is 4.79 Å². The fourth-order valence-electron chi connectivity index (χ4n) is 0.962. The van der Waals surface area contributed by atoms with Crippen molar-refractivity contribution in [2.45, 2.75) is 45.8 Å². The van der Waals surface area contributed by atoms with Gasteiger partial charge < -0.3 is 15.2 Å². The number of hydrogen-bond donors (Lipinski definition) is 1. The summed E-state index contributed by atoms with van der Waals surface area (Å²) in [5.74, 6) is -0.334. The van der Waals surface area contributed by atoms with E-state index in [9.17, 15) is 4.79 Å². The standard InChI is InChI=1S/C10H21NO3/c1-4-5-9(11)10(12)14-7-6-13-8(2)3/h8-9H,4-7,11H2,1-3H3/t9-/m0/s1. The number of hydrogen-bond acceptors (Lipinski definition) is 4. The molecule has 0 aliphatic rings. The number of ether oxygens (including phenoxy) is 2. The Morgan fingerprint density at radius 2 is 2.00 bits per heavy atom. The molecular formula is C10H21NO3. The summed E-state index contributed by atoms with van der Waals surface area (Å²) in [4.78, 5) is 11.2. The van der Waals surface area contributed by atoms with Crippen LogP contribution in [0, 0.1) is 0 Å². The Morgan fingerprint density at radius 3 is 2.50 bits per heavy atom. The average molecular weight is 203 g/mol. The highest BCUT2D eigenvalue weighted by molar-refractivity contribution is 5.75. The Labute approximate surface area is 85.8 Å². The van der Waals surface area contributed by atoms with E-state index in [0.29, 0.717) is 13.0 Å². The minimum Gasteiger partial charge on any atom is -0.462 e. The van der Waals surface area contributed by atoms with Gasteiger partial charge in [0, 0.05) is 0 Å². The Kier molecular flexibility index (Phi) is 7.42. The van der Waals surface area contributed by atoms with Crippen LogP contribution in [-0.4, -0.2) is 31.3 Å². The van der Waals surface area contributed by atoms with Gasteiger partial charge in [0.05, 0.1) is 12.7 Å². The minimum absolute atomic E-state index is 0.165. The summed E-state index contributed by atoms with van der Waals surface area (Å²) in [6.45, 7) is 6.57. The van der Waals surface area contributed by atoms with Crippen LogP contribution in [0.15, 0.2) is 0 Å². The molecule has 0 aromatic carbocycles. The van der Waals surface area contributed by atoms with E-state index in [0.717, 1.165) is 6.42 Å². The summed E-state index contributed by atoms with van der Waals surface area (Å²) < 4.78 is 10.1. The maximum atomic E-state index is 11.2. The maximum absolute atomic E-state index is 11.2. The largest absolute Gasteiger partial charge is 0.462 e. The summed E-state index contributed by atoms with van der Waals surface area (Å²) in [7, 11) is 0. The molecular weight excluding hydrogens is 182 g/mol. The fraction of sp³-hybridized carbons (Fsp3) is 0.900. The van der Waals surface area contributed by atoms with Crippen molar-refractivity contribution in [3.63, 3.8) is 0 Å². The summed E-state index contributed by atoms with van der Waals surface area (Å²) in [6, 6.07) is -0.487. The third-order valence-electron chi connectivity index (χ3n) is 1.68. The highest BCUT2D eigenvalue weighted by Crippen LogP contribution is 1.96. The van der Waals surface area contributed by atoms with Crippen molar-refractivity contribution in [1.29, 1.82) is 0 Å². The van der Waals surface area contributed by atoms with Gasteiger partial charge in [0.15, 0.2) is 0 Å². The normalized spacial score (nSPS) is 12.9. The van der Waals surface area contributed by atoms with Crippen LogP contribution in [0.5, 0.6) is 0 Å². The first-order valence-corrected chi connectivity index (χ1v) is 5.11. The topological polar surface area (TPSA) is 61.6 Å². The lowest BCUT2D eigenvalue weighted by molar-refractivity contribution is -0.147. The van der Waals surface area contributed by atoms with Crippen molar-refractivity contribution in [3.05, 3.63) is 0 Å². The summed E-state index contributed by atoms with van der Waals surface area (Å²) >= 11 is 0. The summed E-state index contributed by atoms with van der Waals surface area (Å²) in [5, 5.41) is 0. The quantitative estimate of drug-likeness (QED) is 0.497. The Bertz CT molecular complexity index is 159. The van der Waals surface area contributed by atoms with E-state index in [1.807, 2.05) is 20.8 Å². The van der Waals surface area contributed by atoms with Gasteiger partial charge in [-0.15, -0.1) is 0 Å². The zero-order valence-corrected chi connectivity index (χ0v) is 9.29. The predicted octanol–water partition coefficient (Wildman–Crippen LogP) is 1.08. The molecule has 0 saturated heterocycles. The van der Waals surface area contributed by atoms with Crippen LogP contribution < -0.4 is 5.73 Å². The van der Waals surface area contributed by atoms with Crippen molar-refractivity contribution >= 4 is 5.97 Å². The van der Waals surface area contributed by atoms with Gasteiger partial charge >= 0.3 is 5.97 Å². The molecule has 84 valence electrons. The maximum Gasteiger partial charge on any atom is 0.322 e. The number of carbonyl (C=O) groups is 1. The zero-order chi connectivity index (χ0) is 11.0. The molecule has 0 aromatic rings. The Morgan fingerprint density at radius 1 is 1.36 bits per heavy atom. The van der Waals surface area contributed by atoms with E-state index in [-0.39, 0.29) is 18.7 Å². The lowest BCUT2D eigenvalue weighted by atomic mass is 10.2. The first-order valence-electron chi connectivity index (χ1n) is 5.11. The average Bonchev–Trinajstić information content (AvgIpc) is 2.12. The molecule has 0 rings (SSSR count). The number of nitrogens with two attached hydrogens (primary N) is 1. The molecule has 0 aliphatic heterocycles. The molecule has 0 radical (unpaired) electrons. The number of carbonyl (C=O) groups excluding carboxylic acids is 1. The van der Waals surface area contributed by atoms with Crippen LogP contribution >= 0.6 is 0 Å². The van der Waals surface area contributed by atoms with Crippen LogP contribution in [0.3, 0.4) is 0 Å². The van der Waals surface area contributed by atoms with Gasteiger partial charge in [-0.05, 0) is 20.3 Å². The van der Waals surface area contributed by atoms with E-state index in [1.165, 1.54) is 0 Å². The minimum atomic E-state index is -0.487. The second kappa shape index (κ2) is 7.76. The van der Waals surface area contributed by atoms with E-state index >= 15 is 0 Å². The van der Waals surface area contributed by atoms with Gasteiger partial charge in [0.2, 0.25) is 0 Å². The van der Waals surface area contributed by atoms with E-state index in [4.69, 9.17) is 15.2 Å². The van der Waals surface area contributed by atoms with Gasteiger partial charge in [-0.1, -0.05) is 13.3 Å². The highest BCUT2D eigenvalue weighted by atomic mass is 16.6. The monoisotopic (exact) mass is 203 g/mol. The van der Waals surface area contributed by atoms with Gasteiger partial charge in [0.1, 0.15) is 12.6 Å². The van der Waals surface area contributed by atoms with Crippen LogP contribution in [0.1, 0.15) is 33.6 Å². The third-order valence-corrected chi connectivity index (χ3v) is 1.68. The van der Waals surface area contributed by atoms with E-state index in [1.54, 1.807) is 0 Å². The molecule has 4 nitrogen and oxygen atoms in total. The zero-order valence-electron chi connectivity index (χ0n) is 9.29. The van der Waals surface area contributed by atoms with E-state index < -0.39 is 6.04 Å². The molecule has 0 fully saturated rings. The second-order valence-electron chi connectivity index (χ2n) is 3.48. The van der Waals surface area contributed by atoms with Crippen molar-refractivity contribution in [1.82, 2.24) is 0 Å². The van der Waals surface area contributed by atoms with E-state index in [2.05, 4.69) is 0 Å². The molecule has 0 bridgehead atoms. The molecule has 14 heavy (non-hydrogen) atoms. The molecule has 0 unspecified atom stereocenters. The molecule has 0 spiro atoms. The molecule has 0 amide bonds. The molecule has 0 aromatic heterocycles. The van der Waals surface area contributed by atoms with Crippen LogP contribution in [0.4, 0.5) is 0 Å².